The van der Waals surface area contributed by atoms with Gasteiger partial charge in [-0.05, 0) is 49.2 Å². The number of benzene rings is 2. The van der Waals surface area contributed by atoms with Gasteiger partial charge < -0.3 is 10.2 Å². The van der Waals surface area contributed by atoms with Gasteiger partial charge in [0.15, 0.2) is 0 Å². The molecule has 0 radical (unpaired) electrons. The Bertz CT molecular complexity index is 1050. The minimum atomic E-state index is -3.90. The maximum atomic E-state index is 13.7. The van der Waals surface area contributed by atoms with Crippen LogP contribution in [-0.4, -0.2) is 50.5 Å². The van der Waals surface area contributed by atoms with E-state index in [1.165, 1.54) is 23.1 Å². The molecule has 0 aromatic heterocycles. The minimum Gasteiger partial charge on any atom is -0.354 e. The van der Waals surface area contributed by atoms with Crippen molar-refractivity contribution in [2.75, 3.05) is 23.7 Å². The van der Waals surface area contributed by atoms with Gasteiger partial charge in [0, 0.05) is 18.1 Å². The van der Waals surface area contributed by atoms with E-state index in [9.17, 15) is 22.4 Å². The maximum absolute atomic E-state index is 13.7. The Kier molecular flexibility index (Phi) is 9.03. The second kappa shape index (κ2) is 11.3. The summed E-state index contributed by atoms with van der Waals surface area (Å²) in [6.45, 7) is 3.42. The van der Waals surface area contributed by atoms with Gasteiger partial charge in [-0.15, -0.1) is 0 Å². The molecule has 2 rings (SSSR count). The van der Waals surface area contributed by atoms with E-state index in [0.29, 0.717) is 11.6 Å². The van der Waals surface area contributed by atoms with Crippen LogP contribution in [0.25, 0.3) is 0 Å². The zero-order chi connectivity index (χ0) is 23.9. The van der Waals surface area contributed by atoms with E-state index in [1.54, 1.807) is 31.2 Å². The van der Waals surface area contributed by atoms with Gasteiger partial charge in [0.25, 0.3) is 0 Å². The van der Waals surface area contributed by atoms with Gasteiger partial charge in [-0.2, -0.15) is 0 Å². The number of sulfonamides is 1. The zero-order valence-electron chi connectivity index (χ0n) is 18.2. The summed E-state index contributed by atoms with van der Waals surface area (Å²) in [5, 5.41) is 3.27. The highest BCUT2D eigenvalue weighted by atomic mass is 35.5. The van der Waals surface area contributed by atoms with Crippen molar-refractivity contribution in [3.8, 4) is 0 Å². The molecule has 0 heterocycles. The molecule has 0 fully saturated rings. The van der Waals surface area contributed by atoms with Crippen molar-refractivity contribution in [1.29, 1.82) is 0 Å². The maximum Gasteiger partial charge on any atom is 0.244 e. The van der Waals surface area contributed by atoms with E-state index < -0.39 is 34.3 Å². The Morgan fingerprint density at radius 2 is 1.81 bits per heavy atom. The van der Waals surface area contributed by atoms with E-state index in [1.807, 2.05) is 6.92 Å². The topological polar surface area (TPSA) is 86.8 Å². The molecule has 1 atom stereocenters. The molecule has 7 nitrogen and oxygen atoms in total. The normalized spacial score (nSPS) is 12.2. The fraction of sp³-hybridized carbons (Fsp3) is 0.364. The lowest BCUT2D eigenvalue weighted by molar-refractivity contribution is -0.139. The molecule has 0 saturated carbocycles. The summed E-state index contributed by atoms with van der Waals surface area (Å²) in [5.74, 6) is -1.59. The van der Waals surface area contributed by atoms with Gasteiger partial charge in [-0.25, -0.2) is 12.8 Å². The summed E-state index contributed by atoms with van der Waals surface area (Å²) < 4.78 is 39.3. The summed E-state index contributed by atoms with van der Waals surface area (Å²) in [7, 11) is -3.90. The van der Waals surface area contributed by atoms with Crippen molar-refractivity contribution in [2.45, 2.75) is 32.9 Å². The molecule has 2 aromatic rings. The third-order valence-corrected chi connectivity index (χ3v) is 6.15. The molecule has 2 amide bonds. The van der Waals surface area contributed by atoms with Crippen LogP contribution >= 0.6 is 11.6 Å². The average molecular weight is 484 g/mol. The number of carbonyl (C=O) groups is 2. The number of nitrogens with one attached hydrogen (secondary N) is 1. The second-order valence-electron chi connectivity index (χ2n) is 7.36. The molecular weight excluding hydrogens is 457 g/mol. The quantitative estimate of drug-likeness (QED) is 0.562. The first-order valence-corrected chi connectivity index (χ1v) is 12.3. The predicted octanol–water partition coefficient (Wildman–Crippen LogP) is 3.19. The third kappa shape index (κ3) is 7.20. The van der Waals surface area contributed by atoms with Crippen LogP contribution < -0.4 is 9.62 Å². The lowest BCUT2D eigenvalue weighted by Crippen LogP contribution is -2.51. The number of carbonyl (C=O) groups excluding carboxylic acids is 2. The van der Waals surface area contributed by atoms with E-state index >= 15 is 0 Å². The number of hydrogen-bond donors (Lipinski definition) is 1. The summed E-state index contributed by atoms with van der Waals surface area (Å²) in [6, 6.07) is 10.9. The van der Waals surface area contributed by atoms with E-state index in [4.69, 9.17) is 11.6 Å². The molecule has 0 aliphatic carbocycles. The summed E-state index contributed by atoms with van der Waals surface area (Å²) in [5.41, 5.74) is 0.741. The highest BCUT2D eigenvalue weighted by Gasteiger charge is 2.30. The molecule has 0 spiro atoms. The standard InChI is InChI=1S/C22H27ClFN3O4S/c1-4-12-25-22(29)16(2)26(14-17-8-10-18(23)11-9-17)21(28)15-27(32(3,30)31)20-7-5-6-19(24)13-20/h5-11,13,16H,4,12,14-15H2,1-3H3,(H,25,29)/t16-/m1/s1. The van der Waals surface area contributed by atoms with Crippen molar-refractivity contribution in [2.24, 2.45) is 0 Å². The monoisotopic (exact) mass is 483 g/mol. The molecule has 0 saturated heterocycles. The van der Waals surface area contributed by atoms with Gasteiger partial charge in [-0.3, -0.25) is 13.9 Å². The minimum absolute atomic E-state index is 0.0235. The molecule has 174 valence electrons. The summed E-state index contributed by atoms with van der Waals surface area (Å²) >= 11 is 5.93. The lowest BCUT2D eigenvalue weighted by atomic mass is 10.1. The van der Waals surface area contributed by atoms with Crippen molar-refractivity contribution < 1.29 is 22.4 Å². The van der Waals surface area contributed by atoms with E-state index in [0.717, 1.165) is 28.6 Å². The zero-order valence-corrected chi connectivity index (χ0v) is 19.8. The highest BCUT2D eigenvalue weighted by molar-refractivity contribution is 7.92. The predicted molar refractivity (Wildman–Crippen MR) is 123 cm³/mol. The second-order valence-corrected chi connectivity index (χ2v) is 9.71. The summed E-state index contributed by atoms with van der Waals surface area (Å²) in [6.07, 6.45) is 1.66. The van der Waals surface area contributed by atoms with Crippen LogP contribution in [0.1, 0.15) is 25.8 Å². The fourth-order valence-corrected chi connectivity index (χ4v) is 3.98. The largest absolute Gasteiger partial charge is 0.354 e. The van der Waals surface area contributed by atoms with Crippen LogP contribution in [0.3, 0.4) is 0 Å². The molecule has 32 heavy (non-hydrogen) atoms. The summed E-state index contributed by atoms with van der Waals surface area (Å²) in [4.78, 5) is 27.1. The van der Waals surface area contributed by atoms with Gasteiger partial charge >= 0.3 is 0 Å². The van der Waals surface area contributed by atoms with Crippen LogP contribution in [0.4, 0.5) is 10.1 Å². The van der Waals surface area contributed by atoms with Crippen molar-refractivity contribution >= 4 is 39.1 Å². The molecular formula is C22H27ClFN3O4S. The highest BCUT2D eigenvalue weighted by Crippen LogP contribution is 2.20. The number of rotatable bonds is 10. The SMILES string of the molecule is CCCNC(=O)[C@@H](C)N(Cc1ccc(Cl)cc1)C(=O)CN(c1cccc(F)c1)S(C)(=O)=O. The van der Waals surface area contributed by atoms with Crippen LogP contribution in [0.2, 0.25) is 5.02 Å². The molecule has 0 bridgehead atoms. The molecule has 2 aromatic carbocycles. The first-order chi connectivity index (χ1) is 15.0. The van der Waals surface area contributed by atoms with Crippen LogP contribution in [0.15, 0.2) is 48.5 Å². The number of anilines is 1. The Labute approximate surface area is 193 Å². The molecule has 10 heteroatoms. The molecule has 0 aliphatic rings. The average Bonchev–Trinajstić information content (AvgIpc) is 2.73. The first-order valence-electron chi connectivity index (χ1n) is 10.1. The lowest BCUT2D eigenvalue weighted by Gasteiger charge is -2.31. The van der Waals surface area contributed by atoms with Crippen molar-refractivity contribution in [3.63, 3.8) is 0 Å². The van der Waals surface area contributed by atoms with Gasteiger partial charge in [0.1, 0.15) is 18.4 Å². The number of halogens is 2. The van der Waals surface area contributed by atoms with Gasteiger partial charge in [-0.1, -0.05) is 36.7 Å². The Morgan fingerprint density at radius 3 is 2.38 bits per heavy atom. The Balaban J connectivity index is 2.35. The van der Waals surface area contributed by atoms with Crippen LogP contribution in [-0.2, 0) is 26.2 Å². The fourth-order valence-electron chi connectivity index (χ4n) is 3.01. The molecule has 0 aliphatic heterocycles. The Morgan fingerprint density at radius 1 is 1.16 bits per heavy atom. The van der Waals surface area contributed by atoms with Crippen molar-refractivity contribution in [3.05, 3.63) is 64.9 Å². The first kappa shape index (κ1) is 25.6. The van der Waals surface area contributed by atoms with E-state index in [2.05, 4.69) is 5.32 Å². The molecule has 0 unspecified atom stereocenters. The number of amides is 2. The van der Waals surface area contributed by atoms with Gasteiger partial charge in [0.2, 0.25) is 21.8 Å². The van der Waals surface area contributed by atoms with E-state index in [-0.39, 0.29) is 18.1 Å². The number of hydrogen-bond acceptors (Lipinski definition) is 4. The third-order valence-electron chi connectivity index (χ3n) is 4.76. The molecule has 1 N–H and O–H groups in total. The van der Waals surface area contributed by atoms with Crippen LogP contribution in [0.5, 0.6) is 0 Å². The van der Waals surface area contributed by atoms with Crippen molar-refractivity contribution in [1.82, 2.24) is 10.2 Å². The van der Waals surface area contributed by atoms with Gasteiger partial charge in [0.05, 0.1) is 11.9 Å². The smallest absolute Gasteiger partial charge is 0.244 e. The Hall–Kier alpha value is -2.65. The number of nitrogens with zero attached hydrogens (tertiary/aromatic N) is 2. The van der Waals surface area contributed by atoms with Crippen LogP contribution in [0, 0.1) is 5.82 Å².